The number of hydrogen-bond acceptors (Lipinski definition) is 5. The number of nitroso groups, excluding NO2 is 1. The van der Waals surface area contributed by atoms with Gasteiger partial charge in [-0.1, -0.05) is 12.1 Å². The van der Waals surface area contributed by atoms with Crippen molar-refractivity contribution in [2.75, 3.05) is 6.61 Å². The summed E-state index contributed by atoms with van der Waals surface area (Å²) in [4.78, 5) is 24.2. The summed E-state index contributed by atoms with van der Waals surface area (Å²) in [6.45, 7) is 1.73. The van der Waals surface area contributed by atoms with Crippen LogP contribution in [0.1, 0.15) is 24.9 Å². The zero-order valence-electron chi connectivity index (χ0n) is 11.8. The van der Waals surface area contributed by atoms with Gasteiger partial charge in [0.25, 0.3) is 0 Å². The van der Waals surface area contributed by atoms with Gasteiger partial charge in [-0.05, 0) is 18.2 Å². The fraction of sp³-hybridized carbons (Fsp3) is 0.267. The Hall–Kier alpha value is -2.57. The molecule has 1 aliphatic heterocycles. The summed E-state index contributed by atoms with van der Waals surface area (Å²) in [5, 5.41) is 2.83. The van der Waals surface area contributed by atoms with Crippen LogP contribution in [0.4, 0.5) is 8.78 Å². The van der Waals surface area contributed by atoms with Crippen molar-refractivity contribution < 1.29 is 18.3 Å². The normalized spacial score (nSPS) is 15.2. The highest BCUT2D eigenvalue weighted by atomic mass is 19.1. The van der Waals surface area contributed by atoms with Crippen LogP contribution in [0.15, 0.2) is 47.5 Å². The van der Waals surface area contributed by atoms with Crippen LogP contribution in [0.2, 0.25) is 0 Å². The van der Waals surface area contributed by atoms with Gasteiger partial charge < -0.3 is 9.64 Å². The molecule has 2 rings (SSSR count). The van der Waals surface area contributed by atoms with Crippen molar-refractivity contribution in [2.24, 2.45) is 5.18 Å². The number of esters is 1. The van der Waals surface area contributed by atoms with E-state index in [0.717, 1.165) is 6.07 Å². The summed E-state index contributed by atoms with van der Waals surface area (Å²) in [6.07, 6.45) is 4.81. The predicted molar refractivity (Wildman–Crippen MR) is 75.2 cm³/mol. The molecule has 1 aromatic rings. The Morgan fingerprint density at radius 3 is 2.86 bits per heavy atom. The van der Waals surface area contributed by atoms with Gasteiger partial charge in [-0.3, -0.25) is 0 Å². The zero-order chi connectivity index (χ0) is 16.1. The second-order valence-corrected chi connectivity index (χ2v) is 4.57. The van der Waals surface area contributed by atoms with E-state index in [9.17, 15) is 18.5 Å². The molecule has 0 spiro atoms. The maximum atomic E-state index is 14.0. The van der Waals surface area contributed by atoms with E-state index in [1.54, 1.807) is 13.0 Å². The molecule has 0 aliphatic carbocycles. The second kappa shape index (κ2) is 6.93. The van der Waals surface area contributed by atoms with Gasteiger partial charge in [0.15, 0.2) is 6.04 Å². The Kier molecular flexibility index (Phi) is 4.98. The molecule has 116 valence electrons. The number of hydrogen-bond donors (Lipinski definition) is 0. The van der Waals surface area contributed by atoms with Gasteiger partial charge in [0, 0.05) is 30.5 Å². The Morgan fingerprint density at radius 1 is 1.45 bits per heavy atom. The van der Waals surface area contributed by atoms with Crippen LogP contribution in [0, 0.1) is 16.5 Å². The van der Waals surface area contributed by atoms with Gasteiger partial charge in [0.05, 0.1) is 6.61 Å². The molecule has 1 aliphatic rings. The average Bonchev–Trinajstić information content (AvgIpc) is 2.50. The average molecular weight is 308 g/mol. The Morgan fingerprint density at radius 2 is 2.23 bits per heavy atom. The van der Waals surface area contributed by atoms with Crippen molar-refractivity contribution in [1.29, 1.82) is 0 Å². The first kappa shape index (κ1) is 15.8. The number of halogens is 2. The van der Waals surface area contributed by atoms with E-state index in [-0.39, 0.29) is 17.9 Å². The fourth-order valence-corrected chi connectivity index (χ4v) is 2.14. The number of benzene rings is 1. The third kappa shape index (κ3) is 3.36. The molecule has 0 aromatic heterocycles. The lowest BCUT2D eigenvalue weighted by Gasteiger charge is -2.28. The molecule has 0 saturated carbocycles. The minimum atomic E-state index is -1.16. The molecule has 0 saturated heterocycles. The predicted octanol–water partition coefficient (Wildman–Crippen LogP) is 3.40. The van der Waals surface area contributed by atoms with Gasteiger partial charge in [0.2, 0.25) is 0 Å². The highest BCUT2D eigenvalue weighted by molar-refractivity contribution is 5.78. The summed E-state index contributed by atoms with van der Waals surface area (Å²) in [7, 11) is 0. The van der Waals surface area contributed by atoms with E-state index < -0.39 is 23.6 Å². The van der Waals surface area contributed by atoms with Crippen molar-refractivity contribution in [1.82, 2.24) is 4.90 Å². The van der Waals surface area contributed by atoms with Crippen molar-refractivity contribution in [3.8, 4) is 0 Å². The lowest BCUT2D eigenvalue weighted by atomic mass is 10.0. The van der Waals surface area contributed by atoms with Crippen LogP contribution in [-0.2, 0) is 9.53 Å². The molecule has 7 heteroatoms. The molecule has 0 amide bonds. The van der Waals surface area contributed by atoms with Crippen LogP contribution < -0.4 is 0 Å². The van der Waals surface area contributed by atoms with E-state index in [4.69, 9.17) is 4.74 Å². The first-order chi connectivity index (χ1) is 10.6. The molecule has 5 nitrogen and oxygen atoms in total. The lowest BCUT2D eigenvalue weighted by molar-refractivity contribution is -0.148. The van der Waals surface area contributed by atoms with Crippen molar-refractivity contribution in [2.45, 2.75) is 19.4 Å². The number of allylic oxidation sites excluding steroid dienone is 1. The van der Waals surface area contributed by atoms with Crippen molar-refractivity contribution in [3.63, 3.8) is 0 Å². The van der Waals surface area contributed by atoms with Crippen LogP contribution in [0.3, 0.4) is 0 Å². The molecule has 1 unspecified atom stereocenters. The number of rotatable bonds is 5. The highest BCUT2D eigenvalue weighted by Gasteiger charge is 2.30. The minimum Gasteiger partial charge on any atom is -0.464 e. The monoisotopic (exact) mass is 308 g/mol. The van der Waals surface area contributed by atoms with Crippen LogP contribution >= 0.6 is 0 Å². The molecule has 0 N–H and O–H groups in total. The Bertz CT molecular complexity index is 644. The van der Waals surface area contributed by atoms with E-state index in [1.165, 1.54) is 23.4 Å². The maximum Gasteiger partial charge on any atom is 0.333 e. The Balaban J connectivity index is 2.45. The highest BCUT2D eigenvalue weighted by Crippen LogP contribution is 2.29. The first-order valence-corrected chi connectivity index (χ1v) is 6.66. The van der Waals surface area contributed by atoms with Gasteiger partial charge in [-0.2, -0.15) is 0 Å². The molecular weight excluding hydrogens is 294 g/mol. The van der Waals surface area contributed by atoms with E-state index >= 15 is 0 Å². The van der Waals surface area contributed by atoms with Gasteiger partial charge in [-0.25, -0.2) is 13.6 Å². The summed E-state index contributed by atoms with van der Waals surface area (Å²) in [5.41, 5.74) is 0.146. The van der Waals surface area contributed by atoms with Gasteiger partial charge in [0.1, 0.15) is 17.3 Å². The van der Waals surface area contributed by atoms with Crippen LogP contribution in [-0.4, -0.2) is 17.5 Å². The largest absolute Gasteiger partial charge is 0.464 e. The number of nitrogens with zero attached hydrogens (tertiary/aromatic N) is 2. The summed E-state index contributed by atoms with van der Waals surface area (Å²) in [6, 6.07) is 1.77. The molecule has 1 aromatic carbocycles. The van der Waals surface area contributed by atoms with E-state index in [2.05, 4.69) is 5.18 Å². The number of ether oxygens (including phenoxy) is 1. The summed E-state index contributed by atoms with van der Waals surface area (Å²) >= 11 is 0. The first-order valence-electron chi connectivity index (χ1n) is 6.66. The molecule has 22 heavy (non-hydrogen) atoms. The molecule has 0 fully saturated rings. The second-order valence-electron chi connectivity index (χ2n) is 4.57. The molecule has 1 atom stereocenters. The van der Waals surface area contributed by atoms with Crippen LogP contribution in [0.5, 0.6) is 0 Å². The van der Waals surface area contributed by atoms with Gasteiger partial charge >= 0.3 is 5.97 Å². The lowest BCUT2D eigenvalue weighted by Crippen LogP contribution is -2.30. The third-order valence-electron chi connectivity index (χ3n) is 3.08. The topological polar surface area (TPSA) is 59.0 Å². The quantitative estimate of drug-likeness (QED) is 0.618. The standard InChI is InChI=1S/C15H14F2N2O3/c1-2-22-15(20)14(12-6-5-10(16)8-13(12)17)19-7-3-4-11(9-19)18-21/h3,5-9,14H,2,4H2,1H3. The zero-order valence-corrected chi connectivity index (χ0v) is 11.8. The van der Waals surface area contributed by atoms with E-state index in [0.29, 0.717) is 12.5 Å². The minimum absolute atomic E-state index is 0.0482. The SMILES string of the molecule is CCOC(=O)C(c1ccc(F)cc1F)N1C=CCC(N=O)=C1. The van der Waals surface area contributed by atoms with Crippen LogP contribution in [0.25, 0.3) is 0 Å². The molecule has 0 radical (unpaired) electrons. The molecule has 0 bridgehead atoms. The Labute approximate surface area is 125 Å². The molecule has 1 heterocycles. The van der Waals surface area contributed by atoms with Crippen molar-refractivity contribution in [3.05, 3.63) is 64.5 Å². The smallest absolute Gasteiger partial charge is 0.333 e. The van der Waals surface area contributed by atoms with Crippen molar-refractivity contribution >= 4 is 5.97 Å². The maximum absolute atomic E-state index is 14.0. The fourth-order valence-electron chi connectivity index (χ4n) is 2.14. The van der Waals surface area contributed by atoms with E-state index in [1.807, 2.05) is 0 Å². The van der Waals surface area contributed by atoms with Gasteiger partial charge in [-0.15, -0.1) is 4.91 Å². The number of carbonyl (C=O) groups is 1. The molecular formula is C15H14F2N2O3. The third-order valence-corrected chi connectivity index (χ3v) is 3.08. The number of carbonyl (C=O) groups excluding carboxylic acids is 1. The summed E-state index contributed by atoms with van der Waals surface area (Å²) < 4.78 is 32.1. The summed E-state index contributed by atoms with van der Waals surface area (Å²) in [5.74, 6) is -2.32.